The van der Waals surface area contributed by atoms with E-state index in [9.17, 15) is 9.18 Å². The van der Waals surface area contributed by atoms with Crippen molar-refractivity contribution >= 4 is 5.97 Å². The maximum Gasteiger partial charge on any atom is 0.325 e. The van der Waals surface area contributed by atoms with E-state index in [1.54, 1.807) is 6.92 Å². The first kappa shape index (κ1) is 10.7. The molecule has 4 heteroatoms. The summed E-state index contributed by atoms with van der Waals surface area (Å²) in [7, 11) is 0. The molecule has 1 atom stereocenters. The van der Waals surface area contributed by atoms with Crippen LogP contribution in [0.3, 0.4) is 0 Å². The van der Waals surface area contributed by atoms with Crippen LogP contribution >= 0.6 is 0 Å². The minimum Gasteiger partial charge on any atom is -0.480 e. The van der Waals surface area contributed by atoms with Crippen LogP contribution in [-0.4, -0.2) is 11.1 Å². The van der Waals surface area contributed by atoms with E-state index in [2.05, 4.69) is 0 Å². The fraction of sp³-hybridized carbons (Fsp3) is 0.300. The summed E-state index contributed by atoms with van der Waals surface area (Å²) < 4.78 is 13.1. The molecule has 1 aromatic carbocycles. The number of carboxylic acid groups (broad SMARTS) is 1. The van der Waals surface area contributed by atoms with Crippen LogP contribution in [0, 0.1) is 19.7 Å². The van der Waals surface area contributed by atoms with Crippen LogP contribution in [0.25, 0.3) is 0 Å². The van der Waals surface area contributed by atoms with Crippen molar-refractivity contribution in [1.29, 1.82) is 0 Å². The normalized spacial score (nSPS) is 12.6. The van der Waals surface area contributed by atoms with Crippen molar-refractivity contribution in [2.75, 3.05) is 0 Å². The third kappa shape index (κ3) is 1.75. The number of carbonyl (C=O) groups is 1. The predicted octanol–water partition coefficient (Wildman–Crippen LogP) is 1.53. The van der Waals surface area contributed by atoms with Crippen molar-refractivity contribution in [3.63, 3.8) is 0 Å². The molecule has 3 nitrogen and oxygen atoms in total. The molecule has 0 aliphatic rings. The Morgan fingerprint density at radius 2 is 2.07 bits per heavy atom. The summed E-state index contributed by atoms with van der Waals surface area (Å²) in [5.41, 5.74) is 6.80. The smallest absolute Gasteiger partial charge is 0.325 e. The Morgan fingerprint density at radius 1 is 1.50 bits per heavy atom. The zero-order chi connectivity index (χ0) is 10.9. The first-order chi connectivity index (χ1) is 6.45. The van der Waals surface area contributed by atoms with Gasteiger partial charge in [-0.3, -0.25) is 4.79 Å². The van der Waals surface area contributed by atoms with Gasteiger partial charge in [-0.2, -0.15) is 0 Å². The predicted molar refractivity (Wildman–Crippen MR) is 50.4 cm³/mol. The number of aryl methyl sites for hydroxylation is 1. The maximum absolute atomic E-state index is 13.1. The lowest BCUT2D eigenvalue weighted by Gasteiger charge is -2.14. The van der Waals surface area contributed by atoms with Gasteiger partial charge < -0.3 is 10.8 Å². The highest BCUT2D eigenvalue weighted by molar-refractivity contribution is 5.76. The van der Waals surface area contributed by atoms with E-state index in [-0.39, 0.29) is 0 Å². The molecule has 14 heavy (non-hydrogen) atoms. The molecule has 0 radical (unpaired) electrons. The van der Waals surface area contributed by atoms with E-state index in [4.69, 9.17) is 10.8 Å². The van der Waals surface area contributed by atoms with Crippen LogP contribution < -0.4 is 5.73 Å². The van der Waals surface area contributed by atoms with Crippen molar-refractivity contribution in [2.45, 2.75) is 19.9 Å². The second-order valence-electron chi connectivity index (χ2n) is 3.22. The lowest BCUT2D eigenvalue weighted by molar-refractivity contribution is -0.138. The first-order valence-electron chi connectivity index (χ1n) is 4.19. The van der Waals surface area contributed by atoms with Gasteiger partial charge in [-0.15, -0.1) is 0 Å². The molecule has 76 valence electrons. The topological polar surface area (TPSA) is 63.3 Å². The third-order valence-corrected chi connectivity index (χ3v) is 2.24. The zero-order valence-electron chi connectivity index (χ0n) is 8.04. The number of rotatable bonds is 2. The second kappa shape index (κ2) is 3.75. The van der Waals surface area contributed by atoms with Crippen LogP contribution in [0.15, 0.2) is 12.1 Å². The number of benzene rings is 1. The van der Waals surface area contributed by atoms with Crippen molar-refractivity contribution in [3.8, 4) is 0 Å². The van der Waals surface area contributed by atoms with Gasteiger partial charge in [0.1, 0.15) is 11.9 Å². The fourth-order valence-electron chi connectivity index (χ4n) is 1.44. The average molecular weight is 197 g/mol. The molecule has 0 saturated heterocycles. The lowest BCUT2D eigenvalue weighted by Crippen LogP contribution is -2.23. The fourth-order valence-corrected chi connectivity index (χ4v) is 1.44. The number of hydrogen-bond acceptors (Lipinski definition) is 2. The molecule has 3 N–H and O–H groups in total. The van der Waals surface area contributed by atoms with Gasteiger partial charge in [-0.1, -0.05) is 6.07 Å². The Hall–Kier alpha value is -1.42. The van der Waals surface area contributed by atoms with Gasteiger partial charge in [0.15, 0.2) is 0 Å². The first-order valence-corrected chi connectivity index (χ1v) is 4.19. The zero-order valence-corrected chi connectivity index (χ0v) is 8.04. The largest absolute Gasteiger partial charge is 0.480 e. The second-order valence-corrected chi connectivity index (χ2v) is 3.22. The maximum atomic E-state index is 13.1. The number of nitrogens with two attached hydrogens (primary N) is 1. The van der Waals surface area contributed by atoms with Gasteiger partial charge in [0.25, 0.3) is 0 Å². The molecular weight excluding hydrogens is 185 g/mol. The van der Waals surface area contributed by atoms with Crippen molar-refractivity contribution < 1.29 is 14.3 Å². The summed E-state index contributed by atoms with van der Waals surface area (Å²) >= 11 is 0. The Kier molecular flexibility index (Phi) is 2.86. The third-order valence-electron chi connectivity index (χ3n) is 2.24. The monoisotopic (exact) mass is 197 g/mol. The molecule has 1 unspecified atom stereocenters. The Morgan fingerprint density at radius 3 is 2.57 bits per heavy atom. The molecule has 0 aliphatic heterocycles. The number of halogens is 1. The van der Waals surface area contributed by atoms with E-state index in [1.807, 2.05) is 0 Å². The summed E-state index contributed by atoms with van der Waals surface area (Å²) in [5.74, 6) is -1.58. The Bertz CT molecular complexity index is 377. The molecule has 0 heterocycles. The highest BCUT2D eigenvalue weighted by atomic mass is 19.1. The molecule has 0 aliphatic carbocycles. The Balaban J connectivity index is 3.32. The molecule has 0 fully saturated rings. The highest BCUT2D eigenvalue weighted by Gasteiger charge is 2.20. The summed E-state index contributed by atoms with van der Waals surface area (Å²) in [5, 5.41) is 8.73. The average Bonchev–Trinajstić information content (AvgIpc) is 2.12. The standard InChI is InChI=1S/C10H12FNO2/c1-5-3-4-7(11)6(2)8(5)9(12)10(13)14/h3-4,9H,12H2,1-2H3,(H,13,14). The Labute approximate surface area is 81.4 Å². The molecule has 0 amide bonds. The van der Waals surface area contributed by atoms with Crippen LogP contribution in [0.1, 0.15) is 22.7 Å². The molecule has 0 aromatic heterocycles. The molecule has 0 spiro atoms. The molecule has 1 rings (SSSR count). The minimum absolute atomic E-state index is 0.305. The quantitative estimate of drug-likeness (QED) is 0.755. The summed E-state index contributed by atoms with van der Waals surface area (Å²) in [6.45, 7) is 3.24. The minimum atomic E-state index is -1.16. The van der Waals surface area contributed by atoms with E-state index >= 15 is 0 Å². The van der Waals surface area contributed by atoms with E-state index in [0.29, 0.717) is 16.7 Å². The molecule has 1 aromatic rings. The summed E-state index contributed by atoms with van der Waals surface area (Å²) in [6.07, 6.45) is 0. The van der Waals surface area contributed by atoms with Gasteiger partial charge in [0.05, 0.1) is 0 Å². The van der Waals surface area contributed by atoms with E-state index < -0.39 is 17.8 Å². The van der Waals surface area contributed by atoms with Gasteiger partial charge in [0, 0.05) is 0 Å². The van der Waals surface area contributed by atoms with Gasteiger partial charge in [-0.05, 0) is 36.6 Å². The molecule has 0 bridgehead atoms. The van der Waals surface area contributed by atoms with Gasteiger partial charge >= 0.3 is 5.97 Å². The van der Waals surface area contributed by atoms with Crippen LogP contribution in [0.5, 0.6) is 0 Å². The van der Waals surface area contributed by atoms with E-state index in [0.717, 1.165) is 0 Å². The SMILES string of the molecule is Cc1ccc(F)c(C)c1C(N)C(=O)O. The van der Waals surface area contributed by atoms with Crippen molar-refractivity contribution in [1.82, 2.24) is 0 Å². The van der Waals surface area contributed by atoms with Gasteiger partial charge in [-0.25, -0.2) is 4.39 Å². The van der Waals surface area contributed by atoms with E-state index in [1.165, 1.54) is 19.1 Å². The highest BCUT2D eigenvalue weighted by Crippen LogP contribution is 2.22. The summed E-state index contributed by atoms with van der Waals surface area (Å²) in [6, 6.07) is 1.68. The number of hydrogen-bond donors (Lipinski definition) is 2. The van der Waals surface area contributed by atoms with Crippen LogP contribution in [-0.2, 0) is 4.79 Å². The summed E-state index contributed by atoms with van der Waals surface area (Å²) in [4.78, 5) is 10.7. The number of aliphatic carboxylic acids is 1. The van der Waals surface area contributed by atoms with Crippen LogP contribution in [0.4, 0.5) is 4.39 Å². The van der Waals surface area contributed by atoms with Crippen molar-refractivity contribution in [3.05, 3.63) is 34.6 Å². The van der Waals surface area contributed by atoms with Crippen LogP contribution in [0.2, 0.25) is 0 Å². The molecular formula is C10H12FNO2. The van der Waals surface area contributed by atoms with Gasteiger partial charge in [0.2, 0.25) is 0 Å². The lowest BCUT2D eigenvalue weighted by atomic mass is 9.96. The molecule has 0 saturated carbocycles. The number of carboxylic acids is 1. The van der Waals surface area contributed by atoms with Crippen molar-refractivity contribution in [2.24, 2.45) is 5.73 Å².